The predicted octanol–water partition coefficient (Wildman–Crippen LogP) is 4.70. The molecule has 1 aliphatic heterocycles. The average molecular weight is 414 g/mol. The lowest BCUT2D eigenvalue weighted by Crippen LogP contribution is -2.32. The summed E-state index contributed by atoms with van der Waals surface area (Å²) in [4.78, 5) is 15.4. The number of likely N-dealkylation sites (tertiary alicyclic amines) is 1. The van der Waals surface area contributed by atoms with Crippen LogP contribution in [0.3, 0.4) is 0 Å². The second-order valence-corrected chi connectivity index (χ2v) is 7.66. The maximum atomic E-state index is 12.9. The number of ether oxygens (including phenoxy) is 2. The first-order chi connectivity index (χ1) is 13.7. The molecule has 1 saturated heterocycles. The van der Waals surface area contributed by atoms with Gasteiger partial charge in [0, 0.05) is 24.1 Å². The third-order valence-corrected chi connectivity index (χ3v) is 5.84. The summed E-state index contributed by atoms with van der Waals surface area (Å²) in [6, 6.07) is 14.4. The number of fused-ring (bicyclic) bond motifs is 1. The Balaban J connectivity index is 0.00000240. The number of halogens is 1. The molecule has 0 bridgehead atoms. The molecule has 0 radical (unpaired) electrons. The molecule has 2 aromatic rings. The van der Waals surface area contributed by atoms with Gasteiger partial charge >= 0.3 is 0 Å². The molecule has 4 rings (SSSR count). The van der Waals surface area contributed by atoms with E-state index in [0.717, 1.165) is 49.2 Å². The number of nitrogens with zero attached hydrogens (tertiary/aromatic N) is 1. The first-order valence-corrected chi connectivity index (χ1v) is 9.94. The summed E-state index contributed by atoms with van der Waals surface area (Å²) < 4.78 is 10.7. The van der Waals surface area contributed by atoms with Crippen LogP contribution in [0.2, 0.25) is 0 Å². The van der Waals surface area contributed by atoms with Gasteiger partial charge in [-0.1, -0.05) is 36.4 Å². The van der Waals surface area contributed by atoms with Gasteiger partial charge in [-0.25, -0.2) is 0 Å². The molecule has 0 amide bonds. The van der Waals surface area contributed by atoms with Gasteiger partial charge in [0.25, 0.3) is 0 Å². The van der Waals surface area contributed by atoms with Crippen molar-refractivity contribution in [3.05, 3.63) is 70.8 Å². The van der Waals surface area contributed by atoms with Crippen LogP contribution >= 0.6 is 12.4 Å². The number of carbonyl (C=O) groups excluding carboxylic acids is 1. The maximum Gasteiger partial charge on any atom is 0.189 e. The molecule has 29 heavy (non-hydrogen) atoms. The summed E-state index contributed by atoms with van der Waals surface area (Å²) in [6.07, 6.45) is 5.12. The summed E-state index contributed by atoms with van der Waals surface area (Å²) in [5.74, 6) is 1.92. The fraction of sp³-hybridized carbons (Fsp3) is 0.375. The van der Waals surface area contributed by atoms with Crippen molar-refractivity contribution in [3.63, 3.8) is 0 Å². The van der Waals surface area contributed by atoms with Gasteiger partial charge in [0.05, 0.1) is 14.2 Å². The number of hydrogen-bond donors (Lipinski definition) is 0. The number of rotatable bonds is 5. The Hall–Kier alpha value is -2.30. The van der Waals surface area contributed by atoms with Crippen molar-refractivity contribution in [1.82, 2.24) is 4.90 Å². The summed E-state index contributed by atoms with van der Waals surface area (Å²) >= 11 is 0. The molecule has 2 aliphatic rings. The Morgan fingerprint density at radius 3 is 2.34 bits per heavy atom. The molecule has 2 aromatic carbocycles. The minimum absolute atomic E-state index is 0. The van der Waals surface area contributed by atoms with Crippen LogP contribution in [0.1, 0.15) is 34.3 Å². The monoisotopic (exact) mass is 413 g/mol. The van der Waals surface area contributed by atoms with Crippen molar-refractivity contribution in [2.24, 2.45) is 5.92 Å². The largest absolute Gasteiger partial charge is 0.493 e. The maximum absolute atomic E-state index is 12.9. The standard InChI is InChI=1S/C24H27NO3.ClH/c1-27-22-14-19-13-20(24(26)21(19)15-23(22)28-2)12-17-8-10-25(11-9-17)16-18-6-4-3-5-7-18;/h3-7,12,14-15,17H,8-11,13,16H2,1-2H3;1H. The van der Waals surface area contributed by atoms with Crippen LogP contribution in [-0.2, 0) is 13.0 Å². The average Bonchev–Trinajstić information content (AvgIpc) is 3.03. The van der Waals surface area contributed by atoms with Crippen LogP contribution in [0.15, 0.2) is 54.1 Å². The van der Waals surface area contributed by atoms with Gasteiger partial charge in [-0.2, -0.15) is 0 Å². The fourth-order valence-corrected chi connectivity index (χ4v) is 4.28. The van der Waals surface area contributed by atoms with Crippen LogP contribution in [-0.4, -0.2) is 38.0 Å². The SMILES string of the molecule is COc1cc2c(cc1OC)C(=O)C(=CC1CCN(Cc3ccccc3)CC1)C2.Cl. The van der Waals surface area contributed by atoms with Crippen LogP contribution in [0.4, 0.5) is 0 Å². The van der Waals surface area contributed by atoms with Gasteiger partial charge in [0.1, 0.15) is 0 Å². The molecule has 5 heteroatoms. The summed E-state index contributed by atoms with van der Waals surface area (Å²) in [6.45, 7) is 3.16. The molecule has 0 saturated carbocycles. The highest BCUT2D eigenvalue weighted by Gasteiger charge is 2.28. The predicted molar refractivity (Wildman–Crippen MR) is 117 cm³/mol. The van der Waals surface area contributed by atoms with Crippen LogP contribution in [0, 0.1) is 5.92 Å². The first kappa shape index (κ1) is 21.4. The lowest BCUT2D eigenvalue weighted by Gasteiger charge is -2.30. The lowest BCUT2D eigenvalue weighted by atomic mass is 9.93. The Labute approximate surface area is 178 Å². The third kappa shape index (κ3) is 4.65. The number of benzene rings is 2. The van der Waals surface area contributed by atoms with Gasteiger partial charge in [-0.15, -0.1) is 12.4 Å². The lowest BCUT2D eigenvalue weighted by molar-refractivity contribution is 0.103. The number of methoxy groups -OCH3 is 2. The van der Waals surface area contributed by atoms with Gasteiger partial charge in [0.15, 0.2) is 17.3 Å². The molecule has 0 aromatic heterocycles. The highest BCUT2D eigenvalue weighted by molar-refractivity contribution is 6.13. The molecule has 1 heterocycles. The zero-order chi connectivity index (χ0) is 19.5. The minimum Gasteiger partial charge on any atom is -0.493 e. The molecular weight excluding hydrogens is 386 g/mol. The first-order valence-electron chi connectivity index (χ1n) is 9.94. The summed E-state index contributed by atoms with van der Waals surface area (Å²) in [7, 11) is 3.23. The van der Waals surface area contributed by atoms with E-state index in [2.05, 4.69) is 41.3 Å². The van der Waals surface area contributed by atoms with E-state index in [1.165, 1.54) is 5.56 Å². The van der Waals surface area contributed by atoms with Crippen molar-refractivity contribution >= 4 is 18.2 Å². The highest BCUT2D eigenvalue weighted by atomic mass is 35.5. The molecule has 4 nitrogen and oxygen atoms in total. The van der Waals surface area contributed by atoms with Crippen molar-refractivity contribution in [1.29, 1.82) is 0 Å². The number of Topliss-reactive ketones (excluding diaryl/α,β-unsaturated/α-hetero) is 1. The van der Waals surface area contributed by atoms with E-state index >= 15 is 0 Å². The summed E-state index contributed by atoms with van der Waals surface area (Å²) in [5, 5.41) is 0. The van der Waals surface area contributed by atoms with E-state index in [-0.39, 0.29) is 18.2 Å². The second-order valence-electron chi connectivity index (χ2n) is 7.66. The van der Waals surface area contributed by atoms with Gasteiger partial charge in [-0.05, 0) is 55.1 Å². The molecule has 1 aliphatic carbocycles. The Morgan fingerprint density at radius 1 is 1.03 bits per heavy atom. The molecule has 0 N–H and O–H groups in total. The van der Waals surface area contributed by atoms with Crippen molar-refractivity contribution in [2.45, 2.75) is 25.8 Å². The van der Waals surface area contributed by atoms with Gasteiger partial charge in [-0.3, -0.25) is 9.69 Å². The zero-order valence-corrected chi connectivity index (χ0v) is 17.8. The van der Waals surface area contributed by atoms with Gasteiger partial charge in [0.2, 0.25) is 0 Å². The van der Waals surface area contributed by atoms with E-state index in [0.29, 0.717) is 23.8 Å². The number of hydrogen-bond acceptors (Lipinski definition) is 4. The molecule has 154 valence electrons. The Morgan fingerprint density at radius 2 is 1.69 bits per heavy atom. The second kappa shape index (κ2) is 9.47. The fourth-order valence-electron chi connectivity index (χ4n) is 4.28. The number of ketones is 1. The molecule has 0 unspecified atom stereocenters. The smallest absolute Gasteiger partial charge is 0.189 e. The van der Waals surface area contributed by atoms with E-state index in [1.54, 1.807) is 14.2 Å². The molecule has 0 spiro atoms. The van der Waals surface area contributed by atoms with E-state index in [1.807, 2.05) is 12.1 Å². The zero-order valence-electron chi connectivity index (χ0n) is 17.0. The molecular formula is C24H28ClNO3. The van der Waals surface area contributed by atoms with Crippen LogP contribution in [0.25, 0.3) is 0 Å². The minimum atomic E-state index is 0. The summed E-state index contributed by atoms with van der Waals surface area (Å²) in [5.41, 5.74) is 4.08. The molecule has 1 fully saturated rings. The normalized spacial score (nSPS) is 18.4. The van der Waals surface area contributed by atoms with Gasteiger partial charge < -0.3 is 9.47 Å². The van der Waals surface area contributed by atoms with Crippen molar-refractivity contribution < 1.29 is 14.3 Å². The Bertz CT molecular complexity index is 886. The van der Waals surface area contributed by atoms with E-state index in [9.17, 15) is 4.79 Å². The molecule has 0 atom stereocenters. The number of piperidine rings is 1. The van der Waals surface area contributed by atoms with Crippen LogP contribution < -0.4 is 9.47 Å². The van der Waals surface area contributed by atoms with Crippen LogP contribution in [0.5, 0.6) is 11.5 Å². The number of carbonyl (C=O) groups is 1. The van der Waals surface area contributed by atoms with E-state index < -0.39 is 0 Å². The van der Waals surface area contributed by atoms with Crippen molar-refractivity contribution in [3.8, 4) is 11.5 Å². The highest BCUT2D eigenvalue weighted by Crippen LogP contribution is 2.37. The Kier molecular flexibility index (Phi) is 6.99. The topological polar surface area (TPSA) is 38.8 Å². The van der Waals surface area contributed by atoms with E-state index in [4.69, 9.17) is 9.47 Å². The number of allylic oxidation sites excluding steroid dienone is 2. The van der Waals surface area contributed by atoms with Crippen molar-refractivity contribution in [2.75, 3.05) is 27.3 Å². The third-order valence-electron chi connectivity index (χ3n) is 5.84. The quantitative estimate of drug-likeness (QED) is 0.666.